The number of amides is 2. The molecular formula is C21H22N4O5. The summed E-state index contributed by atoms with van der Waals surface area (Å²) >= 11 is 0. The third-order valence-electron chi connectivity index (χ3n) is 4.93. The summed E-state index contributed by atoms with van der Waals surface area (Å²) in [4.78, 5) is 31.2. The first kappa shape index (κ1) is 19.7. The lowest BCUT2D eigenvalue weighted by atomic mass is 10.1. The molecule has 0 bridgehead atoms. The summed E-state index contributed by atoms with van der Waals surface area (Å²) in [5.74, 6) is -0.102. The minimum atomic E-state index is -0.422. The van der Waals surface area contributed by atoms with Crippen LogP contribution in [0.3, 0.4) is 0 Å². The lowest BCUT2D eigenvalue weighted by Gasteiger charge is -2.18. The van der Waals surface area contributed by atoms with Crippen LogP contribution in [-0.2, 0) is 11.9 Å². The number of aryl methyl sites for hydroxylation is 1. The largest absolute Gasteiger partial charge is 0.493 e. The van der Waals surface area contributed by atoms with Crippen LogP contribution in [-0.4, -0.2) is 54.0 Å². The summed E-state index contributed by atoms with van der Waals surface area (Å²) in [6.07, 6.45) is 0.773. The van der Waals surface area contributed by atoms with E-state index < -0.39 is 5.91 Å². The highest BCUT2D eigenvalue weighted by Crippen LogP contribution is 2.37. The predicted molar refractivity (Wildman–Crippen MR) is 110 cm³/mol. The average molecular weight is 410 g/mol. The van der Waals surface area contributed by atoms with Gasteiger partial charge in [0.25, 0.3) is 11.8 Å². The Morgan fingerprint density at radius 3 is 2.67 bits per heavy atom. The molecule has 0 spiro atoms. The molecule has 9 nitrogen and oxygen atoms in total. The van der Waals surface area contributed by atoms with Gasteiger partial charge in [-0.3, -0.25) is 19.1 Å². The fourth-order valence-corrected chi connectivity index (χ4v) is 3.50. The highest BCUT2D eigenvalue weighted by molar-refractivity contribution is 6.12. The second-order valence-corrected chi connectivity index (χ2v) is 6.80. The number of hydrogen-bond acceptors (Lipinski definition) is 6. The van der Waals surface area contributed by atoms with E-state index in [9.17, 15) is 9.59 Å². The van der Waals surface area contributed by atoms with E-state index in [-0.39, 0.29) is 11.6 Å². The van der Waals surface area contributed by atoms with Crippen molar-refractivity contribution in [3.8, 4) is 11.5 Å². The quantitative estimate of drug-likeness (QED) is 0.695. The van der Waals surface area contributed by atoms with Crippen molar-refractivity contribution >= 4 is 28.4 Å². The van der Waals surface area contributed by atoms with Crippen molar-refractivity contribution in [1.82, 2.24) is 14.8 Å². The third kappa shape index (κ3) is 3.43. The number of hydroxylamine groups is 2. The van der Waals surface area contributed by atoms with Gasteiger partial charge in [0.2, 0.25) is 0 Å². The summed E-state index contributed by atoms with van der Waals surface area (Å²) in [6, 6.07) is 10.6. The molecule has 156 valence electrons. The van der Waals surface area contributed by atoms with Gasteiger partial charge in [0.05, 0.1) is 38.6 Å². The predicted octanol–water partition coefficient (Wildman–Crippen LogP) is 2.62. The maximum atomic E-state index is 13.0. The number of para-hydroxylation sites is 1. The number of ether oxygens (including phenoxy) is 2. The van der Waals surface area contributed by atoms with Gasteiger partial charge >= 0.3 is 0 Å². The Labute approximate surface area is 173 Å². The zero-order valence-electron chi connectivity index (χ0n) is 17.0. The van der Waals surface area contributed by atoms with Gasteiger partial charge in [-0.15, -0.1) is 0 Å². The number of benzene rings is 2. The number of nitrogens with one attached hydrogen (secondary N) is 1. The summed E-state index contributed by atoms with van der Waals surface area (Å²) in [6.45, 7) is 1.00. The highest BCUT2D eigenvalue weighted by atomic mass is 16.7. The van der Waals surface area contributed by atoms with Gasteiger partial charge in [-0.2, -0.15) is 5.10 Å². The molecule has 2 amide bonds. The number of fused-ring (bicyclic) bond motifs is 1. The van der Waals surface area contributed by atoms with Crippen molar-refractivity contribution in [1.29, 1.82) is 0 Å². The van der Waals surface area contributed by atoms with Gasteiger partial charge in [-0.1, -0.05) is 18.2 Å². The SMILES string of the molecule is COc1cc(C(=O)N2CCCO2)cc(NC(=O)c2nn(C)c3ccccc23)c1OC. The molecule has 2 aromatic carbocycles. The third-order valence-corrected chi connectivity index (χ3v) is 4.93. The topological polar surface area (TPSA) is 94.9 Å². The molecule has 0 saturated carbocycles. The van der Waals surface area contributed by atoms with E-state index in [1.54, 1.807) is 23.9 Å². The normalized spacial score (nSPS) is 13.5. The van der Waals surface area contributed by atoms with E-state index in [4.69, 9.17) is 14.3 Å². The minimum absolute atomic E-state index is 0.272. The van der Waals surface area contributed by atoms with E-state index in [0.717, 1.165) is 17.3 Å². The maximum absolute atomic E-state index is 13.0. The standard InChI is InChI=1S/C21H22N4O5/c1-24-16-8-5-4-7-14(16)18(23-24)20(26)22-15-11-13(12-17(28-2)19(15)29-3)21(27)25-9-6-10-30-25/h4-5,7-8,11-12H,6,9-10H2,1-3H3,(H,22,26). The number of carbonyl (C=O) groups is 2. The summed E-state index contributed by atoms with van der Waals surface area (Å²) in [5.41, 5.74) is 1.73. The van der Waals surface area contributed by atoms with Crippen LogP contribution >= 0.6 is 0 Å². The summed E-state index contributed by atoms with van der Waals surface area (Å²) in [5, 5.41) is 9.18. The molecule has 2 heterocycles. The van der Waals surface area contributed by atoms with Crippen LogP contribution in [0.2, 0.25) is 0 Å². The molecule has 0 radical (unpaired) electrons. The first-order valence-corrected chi connectivity index (χ1v) is 9.47. The molecule has 0 unspecified atom stereocenters. The fraction of sp³-hybridized carbons (Fsp3) is 0.286. The summed E-state index contributed by atoms with van der Waals surface area (Å²) < 4.78 is 12.5. The Balaban J connectivity index is 1.72. The molecular weight excluding hydrogens is 388 g/mol. The molecule has 1 fully saturated rings. The maximum Gasteiger partial charge on any atom is 0.277 e. The van der Waals surface area contributed by atoms with Crippen LogP contribution in [0.25, 0.3) is 10.9 Å². The zero-order valence-corrected chi connectivity index (χ0v) is 17.0. The Bertz CT molecular complexity index is 1120. The molecule has 1 aromatic heterocycles. The van der Waals surface area contributed by atoms with Gasteiger partial charge in [0.15, 0.2) is 17.2 Å². The van der Waals surface area contributed by atoms with E-state index in [0.29, 0.717) is 35.9 Å². The minimum Gasteiger partial charge on any atom is -0.493 e. The van der Waals surface area contributed by atoms with E-state index in [1.165, 1.54) is 19.3 Å². The monoisotopic (exact) mass is 410 g/mol. The van der Waals surface area contributed by atoms with Crippen molar-refractivity contribution in [2.24, 2.45) is 7.05 Å². The van der Waals surface area contributed by atoms with E-state index in [1.807, 2.05) is 24.3 Å². The molecule has 0 atom stereocenters. The average Bonchev–Trinajstić information content (AvgIpc) is 3.41. The number of rotatable bonds is 5. The van der Waals surface area contributed by atoms with Gasteiger partial charge in [-0.05, 0) is 24.6 Å². The lowest BCUT2D eigenvalue weighted by Crippen LogP contribution is -2.26. The Morgan fingerprint density at radius 2 is 1.97 bits per heavy atom. The number of carbonyl (C=O) groups excluding carboxylic acids is 2. The molecule has 30 heavy (non-hydrogen) atoms. The van der Waals surface area contributed by atoms with Crippen molar-refractivity contribution < 1.29 is 23.9 Å². The second-order valence-electron chi connectivity index (χ2n) is 6.80. The number of aromatic nitrogens is 2. The van der Waals surface area contributed by atoms with Crippen LogP contribution in [0.4, 0.5) is 5.69 Å². The Hall–Kier alpha value is -3.59. The second kappa shape index (κ2) is 8.03. The van der Waals surface area contributed by atoms with Crippen LogP contribution < -0.4 is 14.8 Å². The lowest BCUT2D eigenvalue weighted by molar-refractivity contribution is -0.0768. The smallest absolute Gasteiger partial charge is 0.277 e. The Kier molecular flexibility index (Phi) is 5.28. The van der Waals surface area contributed by atoms with Crippen molar-refractivity contribution in [3.63, 3.8) is 0 Å². The van der Waals surface area contributed by atoms with Crippen molar-refractivity contribution in [2.75, 3.05) is 32.7 Å². The van der Waals surface area contributed by atoms with Crippen LogP contribution in [0.15, 0.2) is 36.4 Å². The number of anilines is 1. The van der Waals surface area contributed by atoms with Gasteiger partial charge in [-0.25, -0.2) is 5.06 Å². The molecule has 9 heteroatoms. The summed E-state index contributed by atoms with van der Waals surface area (Å²) in [7, 11) is 4.71. The number of hydrogen-bond donors (Lipinski definition) is 1. The molecule has 3 aromatic rings. The van der Waals surface area contributed by atoms with E-state index >= 15 is 0 Å². The molecule has 1 aliphatic rings. The van der Waals surface area contributed by atoms with Crippen molar-refractivity contribution in [2.45, 2.75) is 6.42 Å². The van der Waals surface area contributed by atoms with E-state index in [2.05, 4.69) is 10.4 Å². The molecule has 0 aliphatic carbocycles. The van der Waals surface area contributed by atoms with Gasteiger partial charge in [0, 0.05) is 18.0 Å². The van der Waals surface area contributed by atoms with Crippen molar-refractivity contribution in [3.05, 3.63) is 47.7 Å². The molecule has 1 saturated heterocycles. The molecule has 1 N–H and O–H groups in total. The molecule has 1 aliphatic heterocycles. The van der Waals surface area contributed by atoms with Crippen LogP contribution in [0.5, 0.6) is 11.5 Å². The number of nitrogens with zero attached hydrogens (tertiary/aromatic N) is 3. The molecule has 4 rings (SSSR count). The van der Waals surface area contributed by atoms with Gasteiger partial charge < -0.3 is 14.8 Å². The Morgan fingerprint density at radius 1 is 1.17 bits per heavy atom. The van der Waals surface area contributed by atoms with Crippen LogP contribution in [0, 0.1) is 0 Å². The van der Waals surface area contributed by atoms with Crippen LogP contribution in [0.1, 0.15) is 27.3 Å². The first-order chi connectivity index (χ1) is 14.5. The number of methoxy groups -OCH3 is 2. The fourth-order valence-electron chi connectivity index (χ4n) is 3.50. The van der Waals surface area contributed by atoms with Gasteiger partial charge in [0.1, 0.15) is 0 Å². The zero-order chi connectivity index (χ0) is 21.3. The highest BCUT2D eigenvalue weighted by Gasteiger charge is 2.25. The first-order valence-electron chi connectivity index (χ1n) is 9.47.